The highest BCUT2D eigenvalue weighted by Gasteiger charge is 2.15. The van der Waals surface area contributed by atoms with Crippen LogP contribution < -0.4 is 5.73 Å². The molecule has 2 rings (SSSR count). The second-order valence-electron chi connectivity index (χ2n) is 3.17. The molecule has 4 heteroatoms. The quantitative estimate of drug-likeness (QED) is 0.810. The normalized spacial score (nSPS) is 12.7. The standard InChI is InChI=1S/C11H9BrINO/c12-9-4-5-15-11(9)10(14)7-2-1-3-8(13)6-7/h1-6,10H,14H2. The second-order valence-corrected chi connectivity index (χ2v) is 5.27. The summed E-state index contributed by atoms with van der Waals surface area (Å²) in [4.78, 5) is 0. The lowest BCUT2D eigenvalue weighted by atomic mass is 10.1. The molecule has 0 spiro atoms. The van der Waals surface area contributed by atoms with Gasteiger partial charge in [0.15, 0.2) is 0 Å². The van der Waals surface area contributed by atoms with Gasteiger partial charge in [-0.15, -0.1) is 0 Å². The Hall–Kier alpha value is -0.330. The minimum Gasteiger partial charge on any atom is -0.466 e. The highest BCUT2D eigenvalue weighted by atomic mass is 127. The molecule has 2 nitrogen and oxygen atoms in total. The highest BCUT2D eigenvalue weighted by molar-refractivity contribution is 14.1. The van der Waals surface area contributed by atoms with Crippen LogP contribution in [-0.2, 0) is 0 Å². The van der Waals surface area contributed by atoms with Gasteiger partial charge in [0.05, 0.1) is 16.8 Å². The molecule has 0 aliphatic rings. The van der Waals surface area contributed by atoms with E-state index in [1.807, 2.05) is 24.3 Å². The molecule has 0 amide bonds. The first-order valence-corrected chi connectivity index (χ1v) is 6.29. The number of furan rings is 1. The van der Waals surface area contributed by atoms with Crippen LogP contribution in [0.1, 0.15) is 17.4 Å². The van der Waals surface area contributed by atoms with E-state index >= 15 is 0 Å². The highest BCUT2D eigenvalue weighted by Crippen LogP contribution is 2.28. The topological polar surface area (TPSA) is 39.2 Å². The van der Waals surface area contributed by atoms with Crippen molar-refractivity contribution in [2.45, 2.75) is 6.04 Å². The molecule has 0 fully saturated rings. The summed E-state index contributed by atoms with van der Waals surface area (Å²) < 4.78 is 7.43. The molecule has 0 radical (unpaired) electrons. The monoisotopic (exact) mass is 377 g/mol. The van der Waals surface area contributed by atoms with Gasteiger partial charge in [-0.1, -0.05) is 12.1 Å². The summed E-state index contributed by atoms with van der Waals surface area (Å²) in [5, 5.41) is 0. The summed E-state index contributed by atoms with van der Waals surface area (Å²) in [6, 6.07) is 9.72. The zero-order valence-electron chi connectivity index (χ0n) is 7.78. The second kappa shape index (κ2) is 4.67. The molecule has 0 aliphatic heterocycles. The van der Waals surface area contributed by atoms with Crippen LogP contribution in [0.2, 0.25) is 0 Å². The fourth-order valence-corrected chi connectivity index (χ4v) is 2.39. The number of hydrogen-bond acceptors (Lipinski definition) is 2. The van der Waals surface area contributed by atoms with Gasteiger partial charge in [-0.25, -0.2) is 0 Å². The Morgan fingerprint density at radius 2 is 2.13 bits per heavy atom. The van der Waals surface area contributed by atoms with E-state index in [9.17, 15) is 0 Å². The molecule has 1 aromatic carbocycles. The number of nitrogens with two attached hydrogens (primary N) is 1. The van der Waals surface area contributed by atoms with Crippen molar-refractivity contribution >= 4 is 38.5 Å². The third kappa shape index (κ3) is 2.43. The first-order valence-electron chi connectivity index (χ1n) is 4.42. The van der Waals surface area contributed by atoms with Crippen LogP contribution in [0.15, 0.2) is 45.5 Å². The number of hydrogen-bond donors (Lipinski definition) is 1. The third-order valence-electron chi connectivity index (χ3n) is 2.14. The van der Waals surface area contributed by atoms with Gasteiger partial charge in [0.25, 0.3) is 0 Å². The Morgan fingerprint density at radius 1 is 1.33 bits per heavy atom. The summed E-state index contributed by atoms with van der Waals surface area (Å²) in [5.74, 6) is 0.761. The molecule has 0 saturated carbocycles. The van der Waals surface area contributed by atoms with E-state index in [0.717, 1.165) is 15.8 Å². The maximum atomic E-state index is 6.10. The van der Waals surface area contributed by atoms with Crippen LogP contribution in [0.25, 0.3) is 0 Å². The van der Waals surface area contributed by atoms with Gasteiger partial charge in [0, 0.05) is 3.57 Å². The van der Waals surface area contributed by atoms with Gasteiger partial charge in [0.1, 0.15) is 5.76 Å². The maximum Gasteiger partial charge on any atom is 0.139 e. The van der Waals surface area contributed by atoms with Crippen molar-refractivity contribution in [1.82, 2.24) is 0 Å². The molecule has 2 N–H and O–H groups in total. The van der Waals surface area contributed by atoms with Crippen molar-refractivity contribution in [3.63, 3.8) is 0 Å². The molecular weight excluding hydrogens is 369 g/mol. The fourth-order valence-electron chi connectivity index (χ4n) is 1.38. The fraction of sp³-hybridized carbons (Fsp3) is 0.0909. The molecule has 0 saturated heterocycles. The smallest absolute Gasteiger partial charge is 0.139 e. The molecule has 15 heavy (non-hydrogen) atoms. The van der Waals surface area contributed by atoms with Crippen molar-refractivity contribution in [3.05, 3.63) is 56.0 Å². The van der Waals surface area contributed by atoms with Crippen LogP contribution >= 0.6 is 38.5 Å². The summed E-state index contributed by atoms with van der Waals surface area (Å²) in [6.45, 7) is 0. The minimum absolute atomic E-state index is 0.218. The van der Waals surface area contributed by atoms with Gasteiger partial charge in [0.2, 0.25) is 0 Å². The first kappa shape index (κ1) is 11.2. The van der Waals surface area contributed by atoms with Gasteiger partial charge in [-0.3, -0.25) is 0 Å². The Labute approximate surface area is 110 Å². The third-order valence-corrected chi connectivity index (χ3v) is 3.46. The van der Waals surface area contributed by atoms with E-state index in [1.165, 1.54) is 3.57 Å². The van der Waals surface area contributed by atoms with E-state index in [1.54, 1.807) is 6.26 Å². The van der Waals surface area contributed by atoms with E-state index in [4.69, 9.17) is 10.2 Å². The van der Waals surface area contributed by atoms with Gasteiger partial charge in [-0.05, 0) is 62.3 Å². The zero-order chi connectivity index (χ0) is 10.8. The van der Waals surface area contributed by atoms with Crippen LogP contribution in [-0.4, -0.2) is 0 Å². The lowest BCUT2D eigenvalue weighted by molar-refractivity contribution is 0.487. The zero-order valence-corrected chi connectivity index (χ0v) is 11.5. The lowest BCUT2D eigenvalue weighted by Gasteiger charge is -2.10. The van der Waals surface area contributed by atoms with Crippen molar-refractivity contribution in [3.8, 4) is 0 Å². The van der Waals surface area contributed by atoms with E-state index in [0.29, 0.717) is 0 Å². The lowest BCUT2D eigenvalue weighted by Crippen LogP contribution is -2.11. The Kier molecular flexibility index (Phi) is 3.48. The van der Waals surface area contributed by atoms with Crippen molar-refractivity contribution in [2.24, 2.45) is 5.73 Å². The predicted molar refractivity (Wildman–Crippen MR) is 71.6 cm³/mol. The van der Waals surface area contributed by atoms with Crippen LogP contribution in [0.3, 0.4) is 0 Å². The van der Waals surface area contributed by atoms with Gasteiger partial charge >= 0.3 is 0 Å². The molecule has 1 aromatic heterocycles. The summed E-state index contributed by atoms with van der Waals surface area (Å²) in [6.07, 6.45) is 1.63. The number of rotatable bonds is 2. The van der Waals surface area contributed by atoms with E-state index in [2.05, 4.69) is 44.6 Å². The Balaban J connectivity index is 2.36. The maximum absolute atomic E-state index is 6.10. The molecule has 1 atom stereocenters. The Morgan fingerprint density at radius 3 is 2.73 bits per heavy atom. The molecular formula is C11H9BrINO. The van der Waals surface area contributed by atoms with Crippen LogP contribution in [0.5, 0.6) is 0 Å². The molecule has 1 unspecified atom stereocenters. The van der Waals surface area contributed by atoms with Crippen molar-refractivity contribution < 1.29 is 4.42 Å². The summed E-state index contributed by atoms with van der Waals surface area (Å²) >= 11 is 5.67. The molecule has 1 heterocycles. The van der Waals surface area contributed by atoms with Crippen molar-refractivity contribution in [2.75, 3.05) is 0 Å². The number of halogens is 2. The average Bonchev–Trinajstić information content (AvgIpc) is 2.63. The van der Waals surface area contributed by atoms with E-state index < -0.39 is 0 Å². The van der Waals surface area contributed by atoms with Crippen LogP contribution in [0, 0.1) is 3.57 Å². The van der Waals surface area contributed by atoms with Crippen molar-refractivity contribution in [1.29, 1.82) is 0 Å². The Bertz CT molecular complexity index is 469. The SMILES string of the molecule is NC(c1cccc(I)c1)c1occc1Br. The molecule has 0 aliphatic carbocycles. The van der Waals surface area contributed by atoms with Crippen LogP contribution in [0.4, 0.5) is 0 Å². The van der Waals surface area contributed by atoms with Gasteiger partial charge in [-0.2, -0.15) is 0 Å². The molecule has 78 valence electrons. The molecule has 0 bridgehead atoms. The van der Waals surface area contributed by atoms with Gasteiger partial charge < -0.3 is 10.2 Å². The predicted octanol–water partition coefficient (Wildman–Crippen LogP) is 3.69. The number of benzene rings is 1. The summed E-state index contributed by atoms with van der Waals surface area (Å²) in [5.41, 5.74) is 7.16. The first-order chi connectivity index (χ1) is 7.18. The average molecular weight is 378 g/mol. The summed E-state index contributed by atoms with van der Waals surface area (Å²) in [7, 11) is 0. The van der Waals surface area contributed by atoms with E-state index in [-0.39, 0.29) is 6.04 Å². The molecule has 2 aromatic rings. The largest absolute Gasteiger partial charge is 0.466 e. The minimum atomic E-state index is -0.218.